The maximum absolute atomic E-state index is 7.23. The highest BCUT2D eigenvalue weighted by molar-refractivity contribution is 4.98. The summed E-state index contributed by atoms with van der Waals surface area (Å²) in [5, 5.41) is 0. The lowest BCUT2D eigenvalue weighted by atomic mass is 9.80. The molecule has 30 rings (SSSR count). The Morgan fingerprint density at radius 2 is 0.227 bits per heavy atom. The van der Waals surface area contributed by atoms with Crippen molar-refractivity contribution in [3.05, 3.63) is 0 Å². The van der Waals surface area contributed by atoms with Gasteiger partial charge in [0.2, 0.25) is 0 Å². The van der Waals surface area contributed by atoms with E-state index in [1.807, 2.05) is 0 Å². The minimum Gasteiger partial charge on any atom is -0.346 e. The van der Waals surface area contributed by atoms with E-state index in [0.717, 1.165) is 51.4 Å². The minimum absolute atomic E-state index is 0.0418. The van der Waals surface area contributed by atoms with Gasteiger partial charge in [-0.05, 0) is 98.7 Å². The quantitative estimate of drug-likeness (QED) is 0.227. The van der Waals surface area contributed by atoms with Gasteiger partial charge >= 0.3 is 0 Å². The Bertz CT molecular complexity index is 1680. The molecule has 0 aliphatic carbocycles. The Hall–Kier alpha value is -0.640. The number of hydrogen-bond donors (Lipinski definition) is 0. The highest BCUT2D eigenvalue weighted by atomic mass is 16.8. The van der Waals surface area contributed by atoms with Gasteiger partial charge in [0.15, 0.2) is 50.3 Å². The summed E-state index contributed by atoms with van der Waals surface area (Å²) in [7, 11) is 0. The lowest BCUT2D eigenvalue weighted by Gasteiger charge is -2.53. The van der Waals surface area contributed by atoms with Gasteiger partial charge in [0.25, 0.3) is 0 Å². The fourth-order valence-corrected chi connectivity index (χ4v) is 16.9. The molecular formula is C72H128O16. The van der Waals surface area contributed by atoms with Gasteiger partial charge in [0.05, 0.1) is 97.7 Å². The van der Waals surface area contributed by atoms with Gasteiger partial charge < -0.3 is 75.8 Å². The Labute approximate surface area is 533 Å². The van der Waals surface area contributed by atoms with E-state index < -0.39 is 50.3 Å². The van der Waals surface area contributed by atoms with Crippen LogP contribution in [0.1, 0.15) is 218 Å². The van der Waals surface area contributed by atoms with Gasteiger partial charge in [-0.25, -0.2) is 0 Å². The summed E-state index contributed by atoms with van der Waals surface area (Å²) >= 11 is 0. The average molecular weight is 1250 g/mol. The van der Waals surface area contributed by atoms with Crippen molar-refractivity contribution in [1.82, 2.24) is 0 Å². The summed E-state index contributed by atoms with van der Waals surface area (Å²) < 4.78 is 114. The molecule has 0 aromatic carbocycles. The van der Waals surface area contributed by atoms with Crippen molar-refractivity contribution in [3.8, 4) is 0 Å². The van der Waals surface area contributed by atoms with Crippen LogP contribution in [0.15, 0.2) is 0 Å². The monoisotopic (exact) mass is 1250 g/mol. The fraction of sp³-hybridized carbons (Fsp3) is 1.00. The van der Waals surface area contributed by atoms with Crippen molar-refractivity contribution in [2.45, 2.75) is 366 Å². The van der Waals surface area contributed by atoms with Crippen molar-refractivity contribution in [2.75, 3.05) is 0 Å². The van der Waals surface area contributed by atoms with E-state index in [2.05, 4.69) is 166 Å². The summed E-state index contributed by atoms with van der Waals surface area (Å²) in [6, 6.07) is 0. The van der Waals surface area contributed by atoms with Crippen LogP contribution in [-0.2, 0) is 75.8 Å². The molecule has 0 aromatic rings. The van der Waals surface area contributed by atoms with Crippen LogP contribution in [0.3, 0.4) is 0 Å². The van der Waals surface area contributed by atoms with Crippen molar-refractivity contribution >= 4 is 0 Å². The van der Waals surface area contributed by atoms with E-state index in [1.165, 1.54) is 0 Å². The lowest BCUT2D eigenvalue weighted by Crippen LogP contribution is -2.61. The van der Waals surface area contributed by atoms with Crippen LogP contribution in [0.5, 0.6) is 0 Å². The number of ether oxygens (including phenoxy) is 16. The minimum atomic E-state index is -0.431. The molecule has 16 bridgehead atoms. The molecule has 0 saturated carbocycles. The zero-order valence-corrected chi connectivity index (χ0v) is 59.3. The first-order valence-electron chi connectivity index (χ1n) is 36.4. The molecule has 0 radical (unpaired) electrons. The van der Waals surface area contributed by atoms with E-state index >= 15 is 0 Å². The van der Waals surface area contributed by atoms with Crippen molar-refractivity contribution in [2.24, 2.45) is 94.7 Å². The van der Waals surface area contributed by atoms with E-state index in [-0.39, 0.29) is 192 Å². The smallest absolute Gasteiger partial charge is 0.161 e. The van der Waals surface area contributed by atoms with Crippen molar-refractivity contribution in [1.29, 1.82) is 0 Å². The Balaban J connectivity index is 0.975. The maximum Gasteiger partial charge on any atom is 0.161 e. The Morgan fingerprint density at radius 3 is 0.307 bits per heavy atom. The van der Waals surface area contributed by atoms with Crippen LogP contribution < -0.4 is 0 Å². The maximum atomic E-state index is 7.23. The first-order chi connectivity index (χ1) is 41.9. The highest BCUT2D eigenvalue weighted by Crippen LogP contribution is 2.49. The second-order valence-corrected chi connectivity index (χ2v) is 30.2. The van der Waals surface area contributed by atoms with Crippen LogP contribution in [0, 0.1) is 94.7 Å². The summed E-state index contributed by atoms with van der Waals surface area (Å²) in [6.45, 7) is 53.9. The van der Waals surface area contributed by atoms with Crippen LogP contribution in [0.25, 0.3) is 0 Å². The van der Waals surface area contributed by atoms with E-state index in [4.69, 9.17) is 75.8 Å². The second-order valence-electron chi connectivity index (χ2n) is 30.2. The molecule has 30 heterocycles. The predicted octanol–water partition coefficient (Wildman–Crippen LogP) is 14.3. The topological polar surface area (TPSA) is 148 Å². The summed E-state index contributed by atoms with van der Waals surface area (Å²) in [4.78, 5) is 0. The largest absolute Gasteiger partial charge is 0.346 e. The molecule has 88 heavy (non-hydrogen) atoms. The molecule has 0 spiro atoms. The molecule has 40 atom stereocenters. The van der Waals surface area contributed by atoms with Gasteiger partial charge in [-0.1, -0.05) is 166 Å². The highest BCUT2D eigenvalue weighted by Gasteiger charge is 2.57. The standard InChI is InChI=1S/C72H128O16/c1-25-49-57-33(9)41(17)65(73-49)82-58-35(11)43(19)67(75-50(58)26-2)84-60-37(13)45(21)69(77-52(60)28-4)86-62-39(15)47(23)71(79-54(62)30-6)88-64-40(16)48(24)72(80-56(64)32-8)87-63-38(14)46(22)70(78-55(63)31-7)85-61-36(12)44(20)68(76-53(61)29-5)83-59-34(10)42(18)66(81-57)74-51(59)27-3/h33-72H,25-32H2,1-24H3. The van der Waals surface area contributed by atoms with Gasteiger partial charge in [0, 0.05) is 47.3 Å². The molecule has 40 unspecified atom stereocenters. The Morgan fingerprint density at radius 1 is 0.136 bits per heavy atom. The molecule has 0 amide bonds. The molecule has 30 fully saturated rings. The van der Waals surface area contributed by atoms with E-state index in [0.29, 0.717) is 0 Å². The average Bonchev–Trinajstić information content (AvgIpc) is 0.985. The van der Waals surface area contributed by atoms with Crippen LogP contribution >= 0.6 is 0 Å². The second kappa shape index (κ2) is 30.6. The molecule has 16 heteroatoms. The van der Waals surface area contributed by atoms with Crippen LogP contribution in [0.2, 0.25) is 0 Å². The molecule has 512 valence electrons. The molecular weight excluding hydrogens is 1120 g/mol. The summed E-state index contributed by atoms with van der Waals surface area (Å²) in [5.41, 5.74) is 0. The van der Waals surface area contributed by atoms with Gasteiger partial charge in [0.1, 0.15) is 0 Å². The zero-order chi connectivity index (χ0) is 64.1. The van der Waals surface area contributed by atoms with Crippen LogP contribution in [-0.4, -0.2) is 148 Å². The van der Waals surface area contributed by atoms with Crippen LogP contribution in [0.4, 0.5) is 0 Å². The van der Waals surface area contributed by atoms with Gasteiger partial charge in [-0.2, -0.15) is 0 Å². The van der Waals surface area contributed by atoms with Crippen molar-refractivity contribution < 1.29 is 75.8 Å². The van der Waals surface area contributed by atoms with E-state index in [1.54, 1.807) is 0 Å². The molecule has 30 saturated heterocycles. The van der Waals surface area contributed by atoms with Gasteiger partial charge in [-0.3, -0.25) is 0 Å². The first kappa shape index (κ1) is 71.6. The molecule has 30 aliphatic rings. The zero-order valence-electron chi connectivity index (χ0n) is 59.3. The molecule has 16 nitrogen and oxygen atoms in total. The first-order valence-corrected chi connectivity index (χ1v) is 36.4. The van der Waals surface area contributed by atoms with Gasteiger partial charge in [-0.15, -0.1) is 0 Å². The lowest BCUT2D eigenvalue weighted by molar-refractivity contribution is -0.376. The van der Waals surface area contributed by atoms with Crippen molar-refractivity contribution in [3.63, 3.8) is 0 Å². The third-order valence-corrected chi connectivity index (χ3v) is 25.2. The molecule has 30 aliphatic heterocycles. The summed E-state index contributed by atoms with van der Waals surface area (Å²) in [6.07, 6.45) is -0.261. The Kier molecular flexibility index (Phi) is 24.9. The third kappa shape index (κ3) is 14.1. The fourth-order valence-electron chi connectivity index (χ4n) is 16.9. The number of hydrogen-bond acceptors (Lipinski definition) is 16. The number of rotatable bonds is 8. The SMILES string of the molecule is CCC1OC2OC3C(CC)OC(OC4C(CC)OC(OC5C(CC)OC(OC6C(CC)OC(OC7C(CC)OC(OC8C(CC)OC(OC9C(CC)OC(OC1C(C)C2C)C(C)C9C)C(C)C8C)C(C)C7C)C(C)C6C)C(C)C5C)C(C)C4C)C(C)C3C. The predicted molar refractivity (Wildman–Crippen MR) is 337 cm³/mol. The molecule has 0 aromatic heterocycles. The summed E-state index contributed by atoms with van der Waals surface area (Å²) in [5.74, 6) is 1.33. The molecule has 0 N–H and O–H groups in total. The third-order valence-electron chi connectivity index (χ3n) is 25.2. The normalized spacial score (nSPS) is 55.4. The van der Waals surface area contributed by atoms with E-state index in [9.17, 15) is 0 Å².